The number of anilines is 1. The van der Waals surface area contributed by atoms with Gasteiger partial charge in [-0.1, -0.05) is 36.4 Å². The van der Waals surface area contributed by atoms with Crippen molar-refractivity contribution in [3.63, 3.8) is 0 Å². The summed E-state index contributed by atoms with van der Waals surface area (Å²) in [7, 11) is 1.60. The van der Waals surface area contributed by atoms with Crippen molar-refractivity contribution in [2.75, 3.05) is 5.32 Å². The molecule has 0 aliphatic carbocycles. The number of amides is 1. The van der Waals surface area contributed by atoms with Crippen LogP contribution >= 0.6 is 11.3 Å². The number of pyridine rings is 1. The molecule has 4 aromatic rings. The minimum atomic E-state index is -0.569. The summed E-state index contributed by atoms with van der Waals surface area (Å²) in [5, 5.41) is 3.27. The van der Waals surface area contributed by atoms with Gasteiger partial charge in [-0.3, -0.25) is 14.9 Å². The van der Waals surface area contributed by atoms with E-state index in [1.54, 1.807) is 7.05 Å². The molecule has 0 fully saturated rings. The highest BCUT2D eigenvalue weighted by molar-refractivity contribution is 7.16. The summed E-state index contributed by atoms with van der Waals surface area (Å²) in [6.45, 7) is 1.92. The number of para-hydroxylation sites is 1. The number of hydrogen-bond donors (Lipinski definition) is 1. The van der Waals surface area contributed by atoms with Gasteiger partial charge in [0.25, 0.3) is 5.91 Å². The lowest BCUT2D eigenvalue weighted by atomic mass is 10.1. The molecule has 2 heterocycles. The first kappa shape index (κ1) is 18.1. The van der Waals surface area contributed by atoms with Gasteiger partial charge in [0.15, 0.2) is 5.13 Å². The second-order valence-electron chi connectivity index (χ2n) is 6.36. The van der Waals surface area contributed by atoms with E-state index >= 15 is 0 Å². The standard InChI is InChI=1S/C21H16FN3O2S/c1-12-17(13-7-4-3-5-8-13)23-21(28-12)24-20(27)15-11-25(2)18-14(19(15)26)9-6-10-16(18)22/h3-11H,1-2H3,(H,23,24,27). The molecular formula is C21H16FN3O2S. The van der Waals surface area contributed by atoms with Crippen molar-refractivity contribution < 1.29 is 9.18 Å². The van der Waals surface area contributed by atoms with Gasteiger partial charge in [0, 0.05) is 29.1 Å². The maximum Gasteiger partial charge on any atom is 0.262 e. The van der Waals surface area contributed by atoms with Crippen LogP contribution in [0.1, 0.15) is 15.2 Å². The Balaban J connectivity index is 1.70. The minimum Gasteiger partial charge on any atom is -0.347 e. The van der Waals surface area contributed by atoms with Gasteiger partial charge >= 0.3 is 0 Å². The maximum absolute atomic E-state index is 14.0. The Morgan fingerprint density at radius 1 is 1.14 bits per heavy atom. The van der Waals surface area contributed by atoms with Crippen LogP contribution in [-0.2, 0) is 7.05 Å². The van der Waals surface area contributed by atoms with Crippen molar-refractivity contribution in [1.29, 1.82) is 0 Å². The first-order valence-corrected chi connectivity index (χ1v) is 9.39. The fraction of sp³-hybridized carbons (Fsp3) is 0.0952. The van der Waals surface area contributed by atoms with Crippen molar-refractivity contribution in [2.45, 2.75) is 6.92 Å². The molecular weight excluding hydrogens is 377 g/mol. The number of fused-ring (bicyclic) bond motifs is 1. The number of halogens is 1. The Morgan fingerprint density at radius 3 is 2.64 bits per heavy atom. The Hall–Kier alpha value is -3.32. The smallest absolute Gasteiger partial charge is 0.262 e. The lowest BCUT2D eigenvalue weighted by Gasteiger charge is -2.09. The van der Waals surface area contributed by atoms with E-state index in [4.69, 9.17) is 0 Å². The molecule has 7 heteroatoms. The average Bonchev–Trinajstić information content (AvgIpc) is 3.05. The van der Waals surface area contributed by atoms with Crippen molar-refractivity contribution in [1.82, 2.24) is 9.55 Å². The van der Waals surface area contributed by atoms with Crippen molar-refractivity contribution in [3.05, 3.63) is 81.2 Å². The van der Waals surface area contributed by atoms with E-state index in [1.165, 1.54) is 40.3 Å². The van der Waals surface area contributed by atoms with Crippen LogP contribution in [0.5, 0.6) is 0 Å². The number of benzene rings is 2. The molecule has 2 aromatic heterocycles. The molecule has 140 valence electrons. The molecule has 1 N–H and O–H groups in total. The molecule has 4 rings (SSSR count). The molecule has 0 unspecified atom stereocenters. The van der Waals surface area contributed by atoms with Crippen LogP contribution < -0.4 is 10.7 Å². The van der Waals surface area contributed by atoms with Crippen molar-refractivity contribution in [2.24, 2.45) is 7.05 Å². The van der Waals surface area contributed by atoms with Gasteiger partial charge in [0.1, 0.15) is 11.4 Å². The van der Waals surface area contributed by atoms with Gasteiger partial charge < -0.3 is 4.57 Å². The van der Waals surface area contributed by atoms with Crippen LogP contribution in [-0.4, -0.2) is 15.5 Å². The van der Waals surface area contributed by atoms with E-state index in [0.29, 0.717) is 5.13 Å². The van der Waals surface area contributed by atoms with Crippen LogP contribution in [0.15, 0.2) is 59.5 Å². The molecule has 0 radical (unpaired) electrons. The third-order valence-electron chi connectivity index (χ3n) is 4.46. The van der Waals surface area contributed by atoms with Crippen LogP contribution in [0.3, 0.4) is 0 Å². The minimum absolute atomic E-state index is 0.0604. The zero-order valence-corrected chi connectivity index (χ0v) is 16.0. The zero-order chi connectivity index (χ0) is 19.8. The summed E-state index contributed by atoms with van der Waals surface area (Å²) in [6, 6.07) is 13.9. The number of nitrogens with one attached hydrogen (secondary N) is 1. The topological polar surface area (TPSA) is 64.0 Å². The number of thiazole rings is 1. The molecule has 0 spiro atoms. The molecule has 0 atom stereocenters. The SMILES string of the molecule is Cc1sc(NC(=O)c2cn(C)c3c(F)cccc3c2=O)nc1-c1ccccc1. The summed E-state index contributed by atoms with van der Waals surface area (Å²) >= 11 is 1.34. The molecule has 28 heavy (non-hydrogen) atoms. The molecule has 2 aromatic carbocycles. The quantitative estimate of drug-likeness (QED) is 0.562. The summed E-state index contributed by atoms with van der Waals surface area (Å²) in [6.07, 6.45) is 1.35. The monoisotopic (exact) mass is 393 g/mol. The largest absolute Gasteiger partial charge is 0.347 e. The number of nitrogens with zero attached hydrogens (tertiary/aromatic N) is 2. The van der Waals surface area contributed by atoms with E-state index in [1.807, 2.05) is 37.3 Å². The summed E-state index contributed by atoms with van der Waals surface area (Å²) < 4.78 is 15.5. The third-order valence-corrected chi connectivity index (χ3v) is 5.35. The number of carbonyl (C=O) groups excluding carboxylic acids is 1. The second-order valence-corrected chi connectivity index (χ2v) is 7.57. The van der Waals surface area contributed by atoms with E-state index in [2.05, 4.69) is 10.3 Å². The van der Waals surface area contributed by atoms with Gasteiger partial charge in [-0.25, -0.2) is 9.37 Å². The molecule has 0 aliphatic heterocycles. The number of aromatic nitrogens is 2. The van der Waals surface area contributed by atoms with Crippen molar-refractivity contribution in [3.8, 4) is 11.3 Å². The highest BCUT2D eigenvalue weighted by atomic mass is 32.1. The molecule has 0 aliphatic rings. The lowest BCUT2D eigenvalue weighted by molar-refractivity contribution is 0.102. The summed E-state index contributed by atoms with van der Waals surface area (Å²) in [5.74, 6) is -1.08. The molecule has 5 nitrogen and oxygen atoms in total. The van der Waals surface area contributed by atoms with Crippen molar-refractivity contribution >= 4 is 33.3 Å². The predicted octanol–water partition coefficient (Wildman–Crippen LogP) is 4.36. The second kappa shape index (κ2) is 7.01. The highest BCUT2D eigenvalue weighted by Gasteiger charge is 2.18. The van der Waals surface area contributed by atoms with Gasteiger partial charge in [0.2, 0.25) is 5.43 Å². The lowest BCUT2D eigenvalue weighted by Crippen LogP contribution is -2.23. The van der Waals surface area contributed by atoms with Crippen LogP contribution in [0.2, 0.25) is 0 Å². The van der Waals surface area contributed by atoms with Crippen LogP contribution in [0.4, 0.5) is 9.52 Å². The maximum atomic E-state index is 14.0. The highest BCUT2D eigenvalue weighted by Crippen LogP contribution is 2.30. The average molecular weight is 393 g/mol. The third kappa shape index (κ3) is 3.10. The van der Waals surface area contributed by atoms with Crippen LogP contribution in [0, 0.1) is 12.7 Å². The van der Waals surface area contributed by atoms with E-state index in [-0.39, 0.29) is 16.5 Å². The number of aryl methyl sites for hydroxylation is 2. The van der Waals surface area contributed by atoms with E-state index in [9.17, 15) is 14.0 Å². The fourth-order valence-corrected chi connectivity index (χ4v) is 3.99. The molecule has 1 amide bonds. The normalized spacial score (nSPS) is 11.0. The van der Waals surface area contributed by atoms with Gasteiger partial charge in [-0.05, 0) is 19.1 Å². The Morgan fingerprint density at radius 2 is 1.89 bits per heavy atom. The molecule has 0 saturated heterocycles. The Kier molecular flexibility index (Phi) is 4.52. The summed E-state index contributed by atoms with van der Waals surface area (Å²) in [5.41, 5.74) is 1.33. The van der Waals surface area contributed by atoms with Crippen LogP contribution in [0.25, 0.3) is 22.2 Å². The number of hydrogen-bond acceptors (Lipinski definition) is 4. The molecule has 0 bridgehead atoms. The first-order chi connectivity index (χ1) is 13.5. The fourth-order valence-electron chi connectivity index (χ4n) is 3.16. The molecule has 0 saturated carbocycles. The van der Waals surface area contributed by atoms with Gasteiger partial charge in [-0.2, -0.15) is 0 Å². The summed E-state index contributed by atoms with van der Waals surface area (Å²) in [4.78, 5) is 30.9. The number of rotatable bonds is 3. The van der Waals surface area contributed by atoms with E-state index < -0.39 is 17.2 Å². The van der Waals surface area contributed by atoms with E-state index in [0.717, 1.165) is 16.1 Å². The van der Waals surface area contributed by atoms with Gasteiger partial charge in [-0.15, -0.1) is 11.3 Å². The predicted molar refractivity (Wildman–Crippen MR) is 109 cm³/mol. The zero-order valence-electron chi connectivity index (χ0n) is 15.2. The Labute approximate surface area is 164 Å². The first-order valence-electron chi connectivity index (χ1n) is 8.58. The number of carbonyl (C=O) groups is 1. The Bertz CT molecular complexity index is 1260. The van der Waals surface area contributed by atoms with Gasteiger partial charge in [0.05, 0.1) is 11.2 Å².